The first-order valence-electron chi connectivity index (χ1n) is 7.39. The van der Waals surface area contributed by atoms with E-state index in [0.29, 0.717) is 17.7 Å². The molecular weight excluding hydrogens is 319 g/mol. The number of hydrogen-bond acceptors (Lipinski definition) is 4. The van der Waals surface area contributed by atoms with Gasteiger partial charge >= 0.3 is 6.09 Å². The van der Waals surface area contributed by atoms with Crippen LogP contribution in [0.2, 0.25) is 0 Å². The molecule has 1 aromatic heterocycles. The van der Waals surface area contributed by atoms with Crippen molar-refractivity contribution in [3.05, 3.63) is 36.0 Å². The molecule has 7 heteroatoms. The summed E-state index contributed by atoms with van der Waals surface area (Å²) in [5, 5.41) is 10.7. The zero-order valence-electron chi connectivity index (χ0n) is 12.8. The van der Waals surface area contributed by atoms with Crippen molar-refractivity contribution >= 4 is 29.0 Å². The number of amides is 1. The summed E-state index contributed by atoms with van der Waals surface area (Å²) in [5.74, 6) is 1.10. The van der Waals surface area contributed by atoms with Gasteiger partial charge in [0.15, 0.2) is 11.5 Å². The third-order valence-corrected chi connectivity index (χ3v) is 4.30. The van der Waals surface area contributed by atoms with Crippen LogP contribution in [0.25, 0.3) is 11.1 Å². The lowest BCUT2D eigenvalue weighted by atomic mass is 10.2. The molecule has 0 atom stereocenters. The lowest BCUT2D eigenvalue weighted by molar-refractivity contribution is 0.195. The second kappa shape index (κ2) is 8.57. The molecule has 5 nitrogen and oxygen atoms in total. The molecule has 0 radical (unpaired) electrons. The smallest absolute Gasteiger partial charge is 0.404 e. The average molecular weight is 338 g/mol. The van der Waals surface area contributed by atoms with Crippen molar-refractivity contribution in [3.63, 3.8) is 0 Å². The molecule has 0 saturated carbocycles. The summed E-state index contributed by atoms with van der Waals surface area (Å²) in [4.78, 5) is 15.8. The minimum Gasteiger partial charge on any atom is -0.465 e. The van der Waals surface area contributed by atoms with Crippen LogP contribution in [0.1, 0.15) is 25.7 Å². The molecule has 0 aliphatic rings. The van der Waals surface area contributed by atoms with E-state index in [0.717, 1.165) is 41.1 Å². The molecule has 2 aromatic rings. The van der Waals surface area contributed by atoms with Crippen LogP contribution >= 0.6 is 11.8 Å². The fourth-order valence-electron chi connectivity index (χ4n) is 1.96. The van der Waals surface area contributed by atoms with Crippen molar-refractivity contribution in [3.8, 4) is 0 Å². The summed E-state index contributed by atoms with van der Waals surface area (Å²) >= 11 is 1.42. The van der Waals surface area contributed by atoms with Crippen LogP contribution in [0.4, 0.5) is 9.18 Å². The number of unbranched alkanes of at least 4 members (excludes halogenated alkanes) is 1. The summed E-state index contributed by atoms with van der Waals surface area (Å²) in [6.45, 7) is 2.09. The van der Waals surface area contributed by atoms with E-state index >= 15 is 0 Å². The summed E-state index contributed by atoms with van der Waals surface area (Å²) in [7, 11) is 0. The Morgan fingerprint density at radius 3 is 3.04 bits per heavy atom. The molecule has 1 amide bonds. The number of aromatic nitrogens is 1. The Labute approximate surface area is 138 Å². The third kappa shape index (κ3) is 5.28. The molecule has 0 bridgehead atoms. The number of halogens is 1. The van der Waals surface area contributed by atoms with Gasteiger partial charge in [0.25, 0.3) is 0 Å². The number of fused-ring (bicyclic) bond motifs is 1. The van der Waals surface area contributed by atoms with Gasteiger partial charge in [0.2, 0.25) is 0 Å². The standard InChI is InChI=1S/C16H19FN2O3S/c1-2-3-4-15-19-13-6-5-12(7-14(13)22-15)23-10-11(8-17)9-18-16(20)21/h5-8,18H,2-4,9-10H2,1H3,(H,20,21)/b11-8+. The van der Waals surface area contributed by atoms with E-state index < -0.39 is 6.09 Å². The van der Waals surface area contributed by atoms with Gasteiger partial charge in [0, 0.05) is 23.6 Å². The van der Waals surface area contributed by atoms with Gasteiger partial charge in [0.1, 0.15) is 5.52 Å². The molecule has 1 aromatic carbocycles. The summed E-state index contributed by atoms with van der Waals surface area (Å²) < 4.78 is 18.5. The number of carbonyl (C=O) groups is 1. The maximum Gasteiger partial charge on any atom is 0.404 e. The molecule has 0 spiro atoms. The lowest BCUT2D eigenvalue weighted by Crippen LogP contribution is -2.23. The Kier molecular flexibility index (Phi) is 6.46. The van der Waals surface area contributed by atoms with Crippen LogP contribution in [-0.4, -0.2) is 28.5 Å². The fraction of sp³-hybridized carbons (Fsp3) is 0.375. The number of benzene rings is 1. The normalized spacial score (nSPS) is 11.8. The van der Waals surface area contributed by atoms with Crippen molar-refractivity contribution < 1.29 is 18.7 Å². The topological polar surface area (TPSA) is 75.4 Å². The Hall–Kier alpha value is -2.02. The highest BCUT2D eigenvalue weighted by Gasteiger charge is 2.08. The fourth-order valence-corrected chi connectivity index (χ4v) is 2.84. The number of aryl methyl sites for hydroxylation is 1. The molecule has 2 rings (SSSR count). The zero-order chi connectivity index (χ0) is 16.7. The maximum atomic E-state index is 12.7. The van der Waals surface area contributed by atoms with Gasteiger partial charge in [-0.15, -0.1) is 11.8 Å². The third-order valence-electron chi connectivity index (χ3n) is 3.19. The monoisotopic (exact) mass is 338 g/mol. The predicted molar refractivity (Wildman–Crippen MR) is 88.6 cm³/mol. The highest BCUT2D eigenvalue weighted by atomic mass is 32.2. The van der Waals surface area contributed by atoms with Gasteiger partial charge < -0.3 is 14.8 Å². The molecule has 0 aliphatic heterocycles. The van der Waals surface area contributed by atoms with Gasteiger partial charge in [-0.3, -0.25) is 0 Å². The second-order valence-corrected chi connectivity index (χ2v) is 6.10. The first-order chi connectivity index (χ1) is 11.1. The molecule has 0 unspecified atom stereocenters. The number of nitrogens with zero attached hydrogens (tertiary/aromatic N) is 1. The molecule has 1 heterocycles. The summed E-state index contributed by atoms with van der Waals surface area (Å²) in [6.07, 6.45) is 2.22. The Bertz CT molecular complexity index is 700. The lowest BCUT2D eigenvalue weighted by Gasteiger charge is -2.05. The van der Waals surface area contributed by atoms with Crippen LogP contribution in [0.3, 0.4) is 0 Å². The van der Waals surface area contributed by atoms with Crippen molar-refractivity contribution in [2.75, 3.05) is 12.3 Å². The van der Waals surface area contributed by atoms with E-state index in [9.17, 15) is 9.18 Å². The molecule has 0 fully saturated rings. The van der Waals surface area contributed by atoms with Crippen molar-refractivity contribution in [1.82, 2.24) is 10.3 Å². The molecule has 124 valence electrons. The SMILES string of the molecule is CCCCc1nc2ccc(SC/C(=C/F)CNC(=O)O)cc2o1. The van der Waals surface area contributed by atoms with E-state index in [2.05, 4.69) is 17.2 Å². The van der Waals surface area contributed by atoms with Gasteiger partial charge in [-0.2, -0.15) is 0 Å². The van der Waals surface area contributed by atoms with E-state index in [4.69, 9.17) is 9.52 Å². The highest BCUT2D eigenvalue weighted by Crippen LogP contribution is 2.26. The number of rotatable bonds is 8. The molecule has 23 heavy (non-hydrogen) atoms. The van der Waals surface area contributed by atoms with Crippen LogP contribution < -0.4 is 5.32 Å². The first-order valence-corrected chi connectivity index (χ1v) is 8.38. The molecule has 0 aliphatic carbocycles. The Morgan fingerprint density at radius 2 is 2.35 bits per heavy atom. The van der Waals surface area contributed by atoms with Crippen LogP contribution in [-0.2, 0) is 6.42 Å². The predicted octanol–water partition coefficient (Wildman–Crippen LogP) is 4.38. The van der Waals surface area contributed by atoms with E-state index in [1.807, 2.05) is 18.2 Å². The van der Waals surface area contributed by atoms with E-state index in [1.165, 1.54) is 11.8 Å². The minimum absolute atomic E-state index is 0.0233. The highest BCUT2D eigenvalue weighted by molar-refractivity contribution is 7.99. The number of oxazole rings is 1. The minimum atomic E-state index is -1.17. The van der Waals surface area contributed by atoms with Crippen LogP contribution in [0.15, 0.2) is 39.4 Å². The summed E-state index contributed by atoms with van der Waals surface area (Å²) in [5.41, 5.74) is 1.91. The number of carboxylic acid groups (broad SMARTS) is 1. The van der Waals surface area contributed by atoms with Crippen molar-refractivity contribution in [2.24, 2.45) is 0 Å². The van der Waals surface area contributed by atoms with Crippen LogP contribution in [0, 0.1) is 0 Å². The molecule has 2 N–H and O–H groups in total. The summed E-state index contributed by atoms with van der Waals surface area (Å²) in [6, 6.07) is 5.66. The maximum absolute atomic E-state index is 12.7. The van der Waals surface area contributed by atoms with Gasteiger partial charge in [-0.05, 0) is 30.2 Å². The van der Waals surface area contributed by atoms with E-state index in [-0.39, 0.29) is 6.54 Å². The van der Waals surface area contributed by atoms with Crippen LogP contribution in [0.5, 0.6) is 0 Å². The van der Waals surface area contributed by atoms with E-state index in [1.54, 1.807) is 0 Å². The second-order valence-electron chi connectivity index (χ2n) is 5.06. The molecular formula is C16H19FN2O3S. The molecule has 0 saturated heterocycles. The Morgan fingerprint density at radius 1 is 1.52 bits per heavy atom. The first kappa shape index (κ1) is 17.3. The van der Waals surface area contributed by atoms with Crippen molar-refractivity contribution in [2.45, 2.75) is 31.1 Å². The average Bonchev–Trinajstić information content (AvgIpc) is 2.94. The zero-order valence-corrected chi connectivity index (χ0v) is 13.7. The van der Waals surface area contributed by atoms with Gasteiger partial charge in [-0.1, -0.05) is 13.3 Å². The number of nitrogens with one attached hydrogen (secondary N) is 1. The number of hydrogen-bond donors (Lipinski definition) is 2. The van der Waals surface area contributed by atoms with Crippen molar-refractivity contribution in [1.29, 1.82) is 0 Å². The number of thioether (sulfide) groups is 1. The van der Waals surface area contributed by atoms with Gasteiger partial charge in [0.05, 0.1) is 6.33 Å². The largest absolute Gasteiger partial charge is 0.465 e. The Balaban J connectivity index is 1.98. The quantitative estimate of drug-likeness (QED) is 0.699. The van der Waals surface area contributed by atoms with Gasteiger partial charge in [-0.25, -0.2) is 14.2 Å².